The van der Waals surface area contributed by atoms with E-state index < -0.39 is 0 Å². The van der Waals surface area contributed by atoms with E-state index in [0.29, 0.717) is 13.2 Å². The zero-order valence-electron chi connectivity index (χ0n) is 11.0. The Kier molecular flexibility index (Phi) is 4.81. The van der Waals surface area contributed by atoms with Gasteiger partial charge in [-0.05, 0) is 42.3 Å². The molecule has 0 fully saturated rings. The highest BCUT2D eigenvalue weighted by molar-refractivity contribution is 5.31. The van der Waals surface area contributed by atoms with Crippen molar-refractivity contribution in [1.82, 2.24) is 0 Å². The van der Waals surface area contributed by atoms with Gasteiger partial charge in [0, 0.05) is 0 Å². The number of benzene rings is 2. The molecule has 0 aromatic heterocycles. The maximum atomic E-state index is 8.96. The minimum atomic E-state index is 0.0695. The molecule has 19 heavy (non-hydrogen) atoms. The largest absolute Gasteiger partial charge is 0.494 e. The van der Waals surface area contributed by atoms with Gasteiger partial charge >= 0.3 is 0 Å². The molecule has 2 rings (SSSR count). The molecule has 0 unspecified atom stereocenters. The number of aliphatic hydroxyl groups excluding tert-OH is 1. The van der Waals surface area contributed by atoms with Crippen molar-refractivity contribution in [3.8, 4) is 11.5 Å². The first-order valence-electron chi connectivity index (χ1n) is 6.36. The lowest BCUT2D eigenvalue weighted by atomic mass is 10.1. The number of hydrogen-bond acceptors (Lipinski definition) is 3. The van der Waals surface area contributed by atoms with Gasteiger partial charge in [-0.2, -0.15) is 0 Å². The van der Waals surface area contributed by atoms with Crippen LogP contribution in [-0.4, -0.2) is 11.7 Å². The van der Waals surface area contributed by atoms with E-state index >= 15 is 0 Å². The predicted octanol–water partition coefficient (Wildman–Crippen LogP) is 3.16. The third-order valence-electron chi connectivity index (χ3n) is 2.75. The molecule has 3 nitrogen and oxygen atoms in total. The second-order valence-corrected chi connectivity index (χ2v) is 4.17. The van der Waals surface area contributed by atoms with E-state index in [2.05, 4.69) is 0 Å². The highest BCUT2D eigenvalue weighted by atomic mass is 16.5. The maximum absolute atomic E-state index is 8.96. The maximum Gasteiger partial charge on any atom is 0.120 e. The van der Waals surface area contributed by atoms with Crippen LogP contribution in [0.25, 0.3) is 0 Å². The quantitative estimate of drug-likeness (QED) is 0.865. The highest BCUT2D eigenvalue weighted by Crippen LogP contribution is 2.18. The summed E-state index contributed by atoms with van der Waals surface area (Å²) in [6.07, 6.45) is 0. The van der Waals surface area contributed by atoms with Crippen LogP contribution in [0.4, 0.5) is 0 Å². The monoisotopic (exact) mass is 258 g/mol. The van der Waals surface area contributed by atoms with Crippen molar-refractivity contribution in [2.24, 2.45) is 0 Å². The smallest absolute Gasteiger partial charge is 0.120 e. The summed E-state index contributed by atoms with van der Waals surface area (Å²) in [7, 11) is 0. The average Bonchev–Trinajstić information content (AvgIpc) is 2.47. The first-order chi connectivity index (χ1) is 9.31. The van der Waals surface area contributed by atoms with Crippen molar-refractivity contribution in [2.75, 3.05) is 6.61 Å². The van der Waals surface area contributed by atoms with E-state index in [9.17, 15) is 0 Å². The summed E-state index contributed by atoms with van der Waals surface area (Å²) in [6, 6.07) is 15.3. The van der Waals surface area contributed by atoms with Crippen LogP contribution in [0.3, 0.4) is 0 Å². The second kappa shape index (κ2) is 6.81. The van der Waals surface area contributed by atoms with E-state index in [1.165, 1.54) is 0 Å². The number of rotatable bonds is 6. The fraction of sp³-hybridized carbons (Fsp3) is 0.250. The van der Waals surface area contributed by atoms with Crippen LogP contribution >= 0.6 is 0 Å². The van der Waals surface area contributed by atoms with Gasteiger partial charge in [-0.25, -0.2) is 0 Å². The van der Waals surface area contributed by atoms with Gasteiger partial charge in [0.15, 0.2) is 0 Å². The minimum Gasteiger partial charge on any atom is -0.494 e. The van der Waals surface area contributed by atoms with Gasteiger partial charge in [0.1, 0.15) is 18.1 Å². The summed E-state index contributed by atoms with van der Waals surface area (Å²) >= 11 is 0. The topological polar surface area (TPSA) is 38.7 Å². The van der Waals surface area contributed by atoms with Gasteiger partial charge in [-0.15, -0.1) is 0 Å². The standard InChI is InChI=1S/C16H18O3/c1-2-18-15-7-9-16(10-8-15)19-12-14-5-3-13(11-17)4-6-14/h3-10,17H,2,11-12H2,1H3. The Morgan fingerprint density at radius 2 is 1.32 bits per heavy atom. The Hall–Kier alpha value is -2.00. The Labute approximate surface area is 113 Å². The van der Waals surface area contributed by atoms with Gasteiger partial charge in [-0.3, -0.25) is 0 Å². The molecule has 3 heteroatoms. The Balaban J connectivity index is 1.90. The van der Waals surface area contributed by atoms with Crippen LogP contribution in [0.5, 0.6) is 11.5 Å². The lowest BCUT2D eigenvalue weighted by Crippen LogP contribution is -1.96. The molecular weight excluding hydrogens is 240 g/mol. The summed E-state index contributed by atoms with van der Waals surface area (Å²) < 4.78 is 11.1. The fourth-order valence-electron chi connectivity index (χ4n) is 1.71. The normalized spacial score (nSPS) is 10.2. The Morgan fingerprint density at radius 1 is 0.789 bits per heavy atom. The molecule has 0 aliphatic rings. The molecule has 100 valence electrons. The van der Waals surface area contributed by atoms with Crippen LogP contribution in [0.1, 0.15) is 18.1 Å². The van der Waals surface area contributed by atoms with Crippen molar-refractivity contribution < 1.29 is 14.6 Å². The third kappa shape index (κ3) is 4.00. The fourth-order valence-corrected chi connectivity index (χ4v) is 1.71. The molecule has 0 spiro atoms. The van der Waals surface area contributed by atoms with E-state index in [1.807, 2.05) is 55.5 Å². The lowest BCUT2D eigenvalue weighted by Gasteiger charge is -2.08. The van der Waals surface area contributed by atoms with E-state index in [0.717, 1.165) is 22.6 Å². The molecule has 2 aromatic rings. The molecule has 0 radical (unpaired) electrons. The summed E-state index contributed by atoms with van der Waals surface area (Å²) in [5.74, 6) is 1.66. The molecule has 0 amide bonds. The van der Waals surface area contributed by atoms with Crippen molar-refractivity contribution in [3.05, 3.63) is 59.7 Å². The molecule has 0 heterocycles. The molecule has 0 saturated carbocycles. The van der Waals surface area contributed by atoms with Gasteiger partial charge in [-0.1, -0.05) is 24.3 Å². The van der Waals surface area contributed by atoms with Crippen LogP contribution in [0.2, 0.25) is 0 Å². The summed E-state index contributed by atoms with van der Waals surface area (Å²) in [5.41, 5.74) is 1.98. The highest BCUT2D eigenvalue weighted by Gasteiger charge is 1.98. The minimum absolute atomic E-state index is 0.0695. The van der Waals surface area contributed by atoms with Crippen molar-refractivity contribution in [3.63, 3.8) is 0 Å². The molecule has 0 aliphatic carbocycles. The zero-order valence-corrected chi connectivity index (χ0v) is 11.0. The lowest BCUT2D eigenvalue weighted by molar-refractivity contribution is 0.281. The first kappa shape index (κ1) is 13.4. The van der Waals surface area contributed by atoms with Crippen LogP contribution in [0, 0.1) is 0 Å². The van der Waals surface area contributed by atoms with E-state index in [4.69, 9.17) is 14.6 Å². The SMILES string of the molecule is CCOc1ccc(OCc2ccc(CO)cc2)cc1. The van der Waals surface area contributed by atoms with Gasteiger partial charge in [0.05, 0.1) is 13.2 Å². The first-order valence-corrected chi connectivity index (χ1v) is 6.36. The third-order valence-corrected chi connectivity index (χ3v) is 2.75. The van der Waals surface area contributed by atoms with Crippen LogP contribution in [-0.2, 0) is 13.2 Å². The average molecular weight is 258 g/mol. The second-order valence-electron chi connectivity index (χ2n) is 4.17. The summed E-state index contributed by atoms with van der Waals surface area (Å²) in [5, 5.41) is 8.96. The van der Waals surface area contributed by atoms with E-state index in [-0.39, 0.29) is 6.61 Å². The van der Waals surface area contributed by atoms with Crippen molar-refractivity contribution >= 4 is 0 Å². The molecule has 1 N–H and O–H groups in total. The van der Waals surface area contributed by atoms with Crippen molar-refractivity contribution in [2.45, 2.75) is 20.1 Å². The molecule has 0 aliphatic heterocycles. The molecule has 0 atom stereocenters. The predicted molar refractivity (Wildman–Crippen MR) is 74.3 cm³/mol. The Bertz CT molecular complexity index is 488. The molecular formula is C16H18O3. The Morgan fingerprint density at radius 3 is 1.84 bits per heavy atom. The number of aliphatic hydroxyl groups is 1. The van der Waals surface area contributed by atoms with Crippen molar-refractivity contribution in [1.29, 1.82) is 0 Å². The van der Waals surface area contributed by atoms with E-state index in [1.54, 1.807) is 0 Å². The molecule has 0 bridgehead atoms. The van der Waals surface area contributed by atoms with Gasteiger partial charge < -0.3 is 14.6 Å². The molecule has 2 aromatic carbocycles. The van der Waals surface area contributed by atoms with Crippen LogP contribution in [0.15, 0.2) is 48.5 Å². The summed E-state index contributed by atoms with van der Waals surface area (Å²) in [4.78, 5) is 0. The van der Waals surface area contributed by atoms with Gasteiger partial charge in [0.2, 0.25) is 0 Å². The number of ether oxygens (including phenoxy) is 2. The van der Waals surface area contributed by atoms with Crippen LogP contribution < -0.4 is 9.47 Å². The number of hydrogen-bond donors (Lipinski definition) is 1. The summed E-state index contributed by atoms with van der Waals surface area (Å²) in [6.45, 7) is 3.21. The zero-order chi connectivity index (χ0) is 13.5. The molecule has 0 saturated heterocycles. The van der Waals surface area contributed by atoms with Gasteiger partial charge in [0.25, 0.3) is 0 Å².